The molecule has 1 aromatic carbocycles. The summed E-state index contributed by atoms with van der Waals surface area (Å²) >= 11 is 0. The first kappa shape index (κ1) is 12.0. The van der Waals surface area contributed by atoms with Crippen LogP contribution in [0, 0.1) is 11.8 Å². The van der Waals surface area contributed by atoms with Gasteiger partial charge >= 0.3 is 0 Å². The number of hydrogen-bond acceptors (Lipinski definition) is 2. The predicted octanol–water partition coefficient (Wildman–Crippen LogP) is 2.71. The van der Waals surface area contributed by atoms with Crippen LogP contribution in [0.3, 0.4) is 0 Å². The lowest BCUT2D eigenvalue weighted by atomic mass is 9.98. The summed E-state index contributed by atoms with van der Waals surface area (Å²) in [6, 6.07) is 7.97. The van der Waals surface area contributed by atoms with Crippen LogP contribution in [0.5, 0.6) is 5.75 Å². The van der Waals surface area contributed by atoms with Crippen LogP contribution in [0.15, 0.2) is 24.3 Å². The Kier molecular flexibility index (Phi) is 4.46. The van der Waals surface area contributed by atoms with Crippen molar-refractivity contribution in [2.75, 3.05) is 6.54 Å². The van der Waals surface area contributed by atoms with Gasteiger partial charge in [-0.25, -0.2) is 0 Å². The molecule has 1 aromatic rings. The molecule has 2 N–H and O–H groups in total. The summed E-state index contributed by atoms with van der Waals surface area (Å²) in [5, 5.41) is 0. The molecule has 0 radical (unpaired) electrons. The minimum Gasteiger partial charge on any atom is -0.490 e. The minimum atomic E-state index is 0.390. The molecule has 1 saturated carbocycles. The third-order valence-corrected chi connectivity index (χ3v) is 3.02. The van der Waals surface area contributed by atoms with E-state index in [1.165, 1.54) is 32.1 Å². The van der Waals surface area contributed by atoms with Crippen LogP contribution in [0.4, 0.5) is 0 Å². The summed E-state index contributed by atoms with van der Waals surface area (Å²) in [6.45, 7) is 0.397. The van der Waals surface area contributed by atoms with Crippen molar-refractivity contribution < 1.29 is 4.74 Å². The first-order chi connectivity index (χ1) is 8.38. The maximum Gasteiger partial charge on any atom is 0.120 e. The quantitative estimate of drug-likeness (QED) is 0.791. The summed E-state index contributed by atoms with van der Waals surface area (Å²) in [5.74, 6) is 6.82. The highest BCUT2D eigenvalue weighted by molar-refractivity contribution is 5.39. The molecule has 1 aliphatic carbocycles. The van der Waals surface area contributed by atoms with Gasteiger partial charge in [-0.1, -0.05) is 24.3 Å². The van der Waals surface area contributed by atoms with E-state index in [9.17, 15) is 0 Å². The molecule has 1 fully saturated rings. The molecule has 0 heterocycles. The molecule has 0 unspecified atom stereocenters. The number of hydrogen-bond donors (Lipinski definition) is 1. The molecule has 0 bridgehead atoms. The lowest BCUT2D eigenvalue weighted by Crippen LogP contribution is -2.19. The fraction of sp³-hybridized carbons (Fsp3) is 0.467. The molecule has 0 saturated heterocycles. The second-order valence-electron chi connectivity index (χ2n) is 4.41. The topological polar surface area (TPSA) is 35.2 Å². The van der Waals surface area contributed by atoms with E-state index in [-0.39, 0.29) is 0 Å². The summed E-state index contributed by atoms with van der Waals surface area (Å²) in [6.07, 6.45) is 6.68. The Bertz CT molecular complexity index is 410. The lowest BCUT2D eigenvalue weighted by molar-refractivity contribution is 0.155. The summed E-state index contributed by atoms with van der Waals surface area (Å²) in [5.41, 5.74) is 6.33. The van der Waals surface area contributed by atoms with Crippen molar-refractivity contribution in [2.45, 2.75) is 38.2 Å². The summed E-state index contributed by atoms with van der Waals surface area (Å²) in [7, 11) is 0. The summed E-state index contributed by atoms with van der Waals surface area (Å²) in [4.78, 5) is 0. The van der Waals surface area contributed by atoms with Gasteiger partial charge in [0.2, 0.25) is 0 Å². The standard InChI is InChI=1S/C15H19NO/c16-11-5-7-13-6-4-10-15(12-13)17-14-8-2-1-3-9-14/h4,6,10,12,14H,1-3,8-9,11,16H2. The van der Waals surface area contributed by atoms with Crippen molar-refractivity contribution in [3.8, 4) is 17.6 Å². The monoisotopic (exact) mass is 229 g/mol. The van der Waals surface area contributed by atoms with Crippen LogP contribution >= 0.6 is 0 Å². The van der Waals surface area contributed by atoms with E-state index in [1.54, 1.807) is 0 Å². The fourth-order valence-electron chi connectivity index (χ4n) is 2.18. The summed E-state index contributed by atoms with van der Waals surface area (Å²) < 4.78 is 5.98. The van der Waals surface area contributed by atoms with E-state index in [0.29, 0.717) is 12.6 Å². The second-order valence-corrected chi connectivity index (χ2v) is 4.41. The molecule has 0 amide bonds. The van der Waals surface area contributed by atoms with Crippen molar-refractivity contribution in [2.24, 2.45) is 5.73 Å². The molecular weight excluding hydrogens is 210 g/mol. The van der Waals surface area contributed by atoms with Gasteiger partial charge in [0.1, 0.15) is 5.75 Å². The Morgan fingerprint density at radius 1 is 1.24 bits per heavy atom. The maximum absolute atomic E-state index is 5.98. The number of rotatable bonds is 2. The highest BCUT2D eigenvalue weighted by atomic mass is 16.5. The van der Waals surface area contributed by atoms with Gasteiger partial charge in [-0.15, -0.1) is 0 Å². The van der Waals surface area contributed by atoms with Gasteiger partial charge in [-0.3, -0.25) is 0 Å². The van der Waals surface area contributed by atoms with E-state index in [1.807, 2.05) is 24.3 Å². The van der Waals surface area contributed by atoms with Gasteiger partial charge in [0.15, 0.2) is 0 Å². The fourth-order valence-corrected chi connectivity index (χ4v) is 2.18. The molecule has 0 atom stereocenters. The van der Waals surface area contributed by atoms with Crippen LogP contribution in [0.1, 0.15) is 37.7 Å². The van der Waals surface area contributed by atoms with Crippen molar-refractivity contribution in [1.29, 1.82) is 0 Å². The molecule has 0 aliphatic heterocycles. The zero-order chi connectivity index (χ0) is 11.9. The molecule has 0 aromatic heterocycles. The first-order valence-electron chi connectivity index (χ1n) is 6.34. The molecule has 90 valence electrons. The molecule has 0 spiro atoms. The molecule has 2 rings (SSSR count). The zero-order valence-corrected chi connectivity index (χ0v) is 10.1. The Morgan fingerprint density at radius 2 is 2.06 bits per heavy atom. The maximum atomic E-state index is 5.98. The van der Waals surface area contributed by atoms with Crippen molar-refractivity contribution in [3.63, 3.8) is 0 Å². The van der Waals surface area contributed by atoms with E-state index in [4.69, 9.17) is 10.5 Å². The second kappa shape index (κ2) is 6.32. The number of benzene rings is 1. The van der Waals surface area contributed by atoms with Crippen molar-refractivity contribution in [1.82, 2.24) is 0 Å². The number of nitrogens with two attached hydrogens (primary N) is 1. The molecule has 2 heteroatoms. The Hall–Kier alpha value is -1.46. The van der Waals surface area contributed by atoms with Gasteiger partial charge in [-0.2, -0.15) is 0 Å². The molecule has 2 nitrogen and oxygen atoms in total. The van der Waals surface area contributed by atoms with Gasteiger partial charge in [-0.05, 0) is 43.9 Å². The number of ether oxygens (including phenoxy) is 1. The SMILES string of the molecule is NCC#Cc1cccc(OC2CCCCC2)c1. The van der Waals surface area contributed by atoms with Crippen LogP contribution in [-0.2, 0) is 0 Å². The molecule has 17 heavy (non-hydrogen) atoms. The predicted molar refractivity (Wildman–Crippen MR) is 69.9 cm³/mol. The first-order valence-corrected chi connectivity index (χ1v) is 6.34. The van der Waals surface area contributed by atoms with E-state index in [0.717, 1.165) is 11.3 Å². The molecule has 1 aliphatic rings. The third-order valence-electron chi connectivity index (χ3n) is 3.02. The van der Waals surface area contributed by atoms with Crippen LogP contribution in [-0.4, -0.2) is 12.6 Å². The smallest absolute Gasteiger partial charge is 0.120 e. The Morgan fingerprint density at radius 3 is 2.82 bits per heavy atom. The van der Waals surface area contributed by atoms with Gasteiger partial charge in [0.05, 0.1) is 12.6 Å². The minimum absolute atomic E-state index is 0.390. The average molecular weight is 229 g/mol. The van der Waals surface area contributed by atoms with E-state index < -0.39 is 0 Å². The van der Waals surface area contributed by atoms with Crippen molar-refractivity contribution >= 4 is 0 Å². The van der Waals surface area contributed by atoms with Crippen LogP contribution < -0.4 is 10.5 Å². The normalized spacial score (nSPS) is 16.1. The van der Waals surface area contributed by atoms with Gasteiger partial charge in [0.25, 0.3) is 0 Å². The van der Waals surface area contributed by atoms with Gasteiger partial charge in [0, 0.05) is 5.56 Å². The Balaban J connectivity index is 2.00. The van der Waals surface area contributed by atoms with Crippen LogP contribution in [0.2, 0.25) is 0 Å². The highest BCUT2D eigenvalue weighted by Gasteiger charge is 2.14. The lowest BCUT2D eigenvalue weighted by Gasteiger charge is -2.23. The van der Waals surface area contributed by atoms with Gasteiger partial charge < -0.3 is 10.5 Å². The van der Waals surface area contributed by atoms with Crippen molar-refractivity contribution in [3.05, 3.63) is 29.8 Å². The van der Waals surface area contributed by atoms with E-state index in [2.05, 4.69) is 11.8 Å². The molecular formula is C15H19NO. The Labute approximate surface area is 103 Å². The van der Waals surface area contributed by atoms with Crippen LogP contribution in [0.25, 0.3) is 0 Å². The highest BCUT2D eigenvalue weighted by Crippen LogP contribution is 2.23. The zero-order valence-electron chi connectivity index (χ0n) is 10.1. The average Bonchev–Trinajstić information content (AvgIpc) is 2.38. The largest absolute Gasteiger partial charge is 0.490 e. The van der Waals surface area contributed by atoms with E-state index >= 15 is 0 Å². The third kappa shape index (κ3) is 3.80.